The Bertz CT molecular complexity index is 1100. The number of aryl methyl sites for hydroxylation is 1. The fourth-order valence-corrected chi connectivity index (χ4v) is 3.58. The molecule has 2 aromatic heterocycles. The average Bonchev–Trinajstić information content (AvgIpc) is 2.59. The fourth-order valence-electron chi connectivity index (χ4n) is 2.74. The van der Waals surface area contributed by atoms with E-state index in [4.69, 9.17) is 0 Å². The normalized spacial score (nSPS) is 11.2. The topological polar surface area (TPSA) is 34.4 Å². The molecule has 0 fully saturated rings. The molecule has 0 unspecified atom stereocenters. The Morgan fingerprint density at radius 1 is 1.00 bits per heavy atom. The number of fused-ring (bicyclic) bond motifs is 2. The lowest BCUT2D eigenvalue weighted by atomic mass is 10.1. The van der Waals surface area contributed by atoms with Crippen molar-refractivity contribution in [1.82, 2.24) is 9.38 Å². The monoisotopic (exact) mass is 332 g/mol. The highest BCUT2D eigenvalue weighted by Gasteiger charge is 2.04. The number of pyridine rings is 1. The molecule has 0 saturated heterocycles. The Hall–Kier alpha value is -2.59. The number of aromatic nitrogens is 2. The van der Waals surface area contributed by atoms with Gasteiger partial charge in [0.2, 0.25) is 0 Å². The molecule has 0 amide bonds. The molecule has 118 valence electrons. The van der Waals surface area contributed by atoms with Gasteiger partial charge in [-0.25, -0.2) is 4.98 Å². The van der Waals surface area contributed by atoms with Gasteiger partial charge in [-0.15, -0.1) is 11.8 Å². The van der Waals surface area contributed by atoms with Crippen molar-refractivity contribution in [2.24, 2.45) is 0 Å². The van der Waals surface area contributed by atoms with E-state index in [-0.39, 0.29) is 5.56 Å². The third kappa shape index (κ3) is 2.93. The van der Waals surface area contributed by atoms with Crippen LogP contribution in [0.25, 0.3) is 16.4 Å². The molecule has 2 aromatic carbocycles. The van der Waals surface area contributed by atoms with Crippen LogP contribution in [0.2, 0.25) is 0 Å². The van der Waals surface area contributed by atoms with E-state index in [0.29, 0.717) is 11.4 Å². The molecule has 2 heterocycles. The van der Waals surface area contributed by atoms with Gasteiger partial charge in [0.25, 0.3) is 5.56 Å². The highest BCUT2D eigenvalue weighted by atomic mass is 32.2. The van der Waals surface area contributed by atoms with Crippen LogP contribution in [0.15, 0.2) is 76.6 Å². The van der Waals surface area contributed by atoms with Crippen molar-refractivity contribution in [2.45, 2.75) is 17.6 Å². The van der Waals surface area contributed by atoms with Crippen molar-refractivity contribution in [2.75, 3.05) is 0 Å². The lowest BCUT2D eigenvalue weighted by Crippen LogP contribution is -2.15. The van der Waals surface area contributed by atoms with Gasteiger partial charge in [0.1, 0.15) is 5.65 Å². The summed E-state index contributed by atoms with van der Waals surface area (Å²) >= 11 is 1.70. The molecule has 4 rings (SSSR count). The van der Waals surface area contributed by atoms with Gasteiger partial charge in [-0.1, -0.05) is 30.3 Å². The maximum Gasteiger partial charge on any atom is 0.258 e. The van der Waals surface area contributed by atoms with Crippen molar-refractivity contribution >= 4 is 28.2 Å². The van der Waals surface area contributed by atoms with Gasteiger partial charge in [0.15, 0.2) is 0 Å². The zero-order chi connectivity index (χ0) is 16.5. The van der Waals surface area contributed by atoms with Gasteiger partial charge in [0.05, 0.1) is 5.69 Å². The molecule has 0 N–H and O–H groups in total. The SMILES string of the molecule is Cc1ccn2c(=O)cc(CSc3ccc4ccccc4c3)nc2c1. The van der Waals surface area contributed by atoms with Crippen LogP contribution in [-0.4, -0.2) is 9.38 Å². The number of nitrogens with zero attached hydrogens (tertiary/aromatic N) is 2. The van der Waals surface area contributed by atoms with E-state index in [0.717, 1.165) is 11.3 Å². The number of hydrogen-bond acceptors (Lipinski definition) is 3. The van der Waals surface area contributed by atoms with Crippen molar-refractivity contribution in [3.8, 4) is 0 Å². The van der Waals surface area contributed by atoms with Gasteiger partial charge >= 0.3 is 0 Å². The van der Waals surface area contributed by atoms with E-state index in [1.54, 1.807) is 28.4 Å². The number of hydrogen-bond donors (Lipinski definition) is 0. The quantitative estimate of drug-likeness (QED) is 0.520. The second kappa shape index (κ2) is 6.13. The van der Waals surface area contributed by atoms with Crippen LogP contribution in [0.4, 0.5) is 0 Å². The molecule has 0 aliphatic heterocycles. The summed E-state index contributed by atoms with van der Waals surface area (Å²) in [7, 11) is 0. The minimum atomic E-state index is -0.0332. The summed E-state index contributed by atoms with van der Waals surface area (Å²) in [6.07, 6.45) is 1.78. The predicted octanol–water partition coefficient (Wildman–Crippen LogP) is 4.45. The van der Waals surface area contributed by atoms with Gasteiger partial charge in [0, 0.05) is 22.9 Å². The van der Waals surface area contributed by atoms with Gasteiger partial charge in [-0.2, -0.15) is 0 Å². The van der Waals surface area contributed by atoms with Gasteiger partial charge in [-0.3, -0.25) is 9.20 Å². The van der Waals surface area contributed by atoms with Crippen molar-refractivity contribution in [3.63, 3.8) is 0 Å². The second-order valence-electron chi connectivity index (χ2n) is 5.82. The fraction of sp³-hybridized carbons (Fsp3) is 0.100. The Morgan fingerprint density at radius 3 is 2.71 bits per heavy atom. The van der Waals surface area contributed by atoms with Crippen LogP contribution < -0.4 is 5.56 Å². The molecule has 0 aliphatic rings. The van der Waals surface area contributed by atoms with E-state index in [1.165, 1.54) is 15.7 Å². The highest BCUT2D eigenvalue weighted by Crippen LogP contribution is 2.25. The van der Waals surface area contributed by atoms with Crippen LogP contribution in [0, 0.1) is 6.92 Å². The highest BCUT2D eigenvalue weighted by molar-refractivity contribution is 7.98. The second-order valence-corrected chi connectivity index (χ2v) is 6.86. The molecule has 0 aliphatic carbocycles. The molecule has 0 radical (unpaired) electrons. The number of rotatable bonds is 3. The lowest BCUT2D eigenvalue weighted by molar-refractivity contribution is 1.01. The average molecular weight is 332 g/mol. The summed E-state index contributed by atoms with van der Waals surface area (Å²) in [6, 6.07) is 20.2. The summed E-state index contributed by atoms with van der Waals surface area (Å²) in [4.78, 5) is 18.0. The summed E-state index contributed by atoms with van der Waals surface area (Å²) in [5.74, 6) is 0.679. The standard InChI is InChI=1S/C20H16N2OS/c1-14-8-9-22-19(10-14)21-17(12-20(22)23)13-24-18-7-6-15-4-2-3-5-16(15)11-18/h2-12H,13H2,1H3. The molecule has 0 spiro atoms. The van der Waals surface area contributed by atoms with Crippen LogP contribution in [-0.2, 0) is 5.75 Å². The molecule has 0 saturated carbocycles. The van der Waals surface area contributed by atoms with E-state index >= 15 is 0 Å². The molecular weight excluding hydrogens is 316 g/mol. The number of thioether (sulfide) groups is 1. The summed E-state index contributed by atoms with van der Waals surface area (Å²) in [6.45, 7) is 2.00. The Labute approximate surface area is 144 Å². The summed E-state index contributed by atoms with van der Waals surface area (Å²) in [5, 5.41) is 2.46. The van der Waals surface area contributed by atoms with Crippen LogP contribution in [0.3, 0.4) is 0 Å². The molecule has 4 heteroatoms. The van der Waals surface area contributed by atoms with Crippen LogP contribution in [0.1, 0.15) is 11.3 Å². The summed E-state index contributed by atoms with van der Waals surface area (Å²) in [5.41, 5.74) is 2.58. The van der Waals surface area contributed by atoms with Crippen LogP contribution >= 0.6 is 11.8 Å². The van der Waals surface area contributed by atoms with E-state index in [1.807, 2.05) is 31.2 Å². The first-order valence-corrected chi connectivity index (χ1v) is 8.78. The zero-order valence-corrected chi connectivity index (χ0v) is 14.1. The van der Waals surface area contributed by atoms with Crippen molar-refractivity contribution in [3.05, 3.63) is 88.5 Å². The maximum absolute atomic E-state index is 12.2. The first kappa shape index (κ1) is 15.0. The summed E-state index contributed by atoms with van der Waals surface area (Å²) < 4.78 is 1.58. The Morgan fingerprint density at radius 2 is 1.83 bits per heavy atom. The molecule has 3 nitrogen and oxygen atoms in total. The van der Waals surface area contributed by atoms with E-state index in [9.17, 15) is 4.79 Å². The Balaban J connectivity index is 1.62. The molecule has 24 heavy (non-hydrogen) atoms. The van der Waals surface area contributed by atoms with Crippen molar-refractivity contribution < 1.29 is 0 Å². The minimum absolute atomic E-state index is 0.0332. The third-order valence-corrected chi connectivity index (χ3v) is 5.01. The van der Waals surface area contributed by atoms with E-state index < -0.39 is 0 Å². The smallest absolute Gasteiger partial charge is 0.258 e. The molecule has 0 atom stereocenters. The first-order chi connectivity index (χ1) is 11.7. The largest absolute Gasteiger partial charge is 0.269 e. The first-order valence-electron chi connectivity index (χ1n) is 7.80. The van der Waals surface area contributed by atoms with Crippen molar-refractivity contribution in [1.29, 1.82) is 0 Å². The number of benzene rings is 2. The maximum atomic E-state index is 12.2. The van der Waals surface area contributed by atoms with Crippen LogP contribution in [0.5, 0.6) is 0 Å². The predicted molar refractivity (Wildman–Crippen MR) is 99.7 cm³/mol. The lowest BCUT2D eigenvalue weighted by Gasteiger charge is -2.06. The molecular formula is C20H16N2OS. The molecule has 4 aromatic rings. The molecule has 0 bridgehead atoms. The minimum Gasteiger partial charge on any atom is -0.269 e. The Kier molecular flexibility index (Phi) is 3.82. The van der Waals surface area contributed by atoms with Gasteiger partial charge in [-0.05, 0) is 47.5 Å². The van der Waals surface area contributed by atoms with E-state index in [2.05, 4.69) is 35.3 Å². The van der Waals surface area contributed by atoms with Gasteiger partial charge < -0.3 is 0 Å². The third-order valence-electron chi connectivity index (χ3n) is 3.98. The zero-order valence-electron chi connectivity index (χ0n) is 13.3.